The lowest BCUT2D eigenvalue weighted by Gasteiger charge is -2.32. The van der Waals surface area contributed by atoms with Crippen molar-refractivity contribution in [3.63, 3.8) is 0 Å². The van der Waals surface area contributed by atoms with E-state index in [0.717, 1.165) is 36.9 Å². The Hall–Kier alpha value is -2.73. The molecule has 2 aliphatic rings. The highest BCUT2D eigenvalue weighted by molar-refractivity contribution is 5.70. The molecule has 194 valence electrons. The third-order valence-electron chi connectivity index (χ3n) is 7.36. The molecule has 1 unspecified atom stereocenters. The third kappa shape index (κ3) is 6.94. The number of benzene rings is 1. The molecule has 2 aromatic rings. The molecular formula is C28H38FN5O2. The quantitative estimate of drug-likeness (QED) is 0.429. The van der Waals surface area contributed by atoms with Crippen molar-refractivity contribution in [2.75, 3.05) is 44.1 Å². The van der Waals surface area contributed by atoms with Gasteiger partial charge in [-0.2, -0.15) is 5.26 Å². The van der Waals surface area contributed by atoms with E-state index in [1.54, 1.807) is 13.2 Å². The Labute approximate surface area is 213 Å². The van der Waals surface area contributed by atoms with Gasteiger partial charge in [-0.1, -0.05) is 12.1 Å². The molecule has 1 saturated carbocycles. The maximum atomic E-state index is 14.8. The zero-order valence-corrected chi connectivity index (χ0v) is 21.4. The van der Waals surface area contributed by atoms with Crippen molar-refractivity contribution in [1.29, 1.82) is 5.26 Å². The van der Waals surface area contributed by atoms with Crippen LogP contribution in [0.2, 0.25) is 0 Å². The number of aromatic nitrogens is 1. The van der Waals surface area contributed by atoms with E-state index in [1.165, 1.54) is 6.20 Å². The van der Waals surface area contributed by atoms with E-state index in [1.807, 2.05) is 24.3 Å². The summed E-state index contributed by atoms with van der Waals surface area (Å²) in [6, 6.07) is 13.1. The van der Waals surface area contributed by atoms with E-state index in [2.05, 4.69) is 33.9 Å². The first kappa shape index (κ1) is 26.3. The molecule has 1 saturated heterocycles. The van der Waals surface area contributed by atoms with Crippen LogP contribution in [0, 0.1) is 22.6 Å². The molecule has 1 aliphatic heterocycles. The topological polar surface area (TPSA) is 91.2 Å². The minimum atomic E-state index is -0.427. The number of pyridine rings is 1. The summed E-state index contributed by atoms with van der Waals surface area (Å²) in [4.78, 5) is 4.31. The van der Waals surface area contributed by atoms with Gasteiger partial charge >= 0.3 is 0 Å². The van der Waals surface area contributed by atoms with Crippen LogP contribution in [0.4, 0.5) is 15.9 Å². The second-order valence-electron chi connectivity index (χ2n) is 10.2. The van der Waals surface area contributed by atoms with E-state index >= 15 is 0 Å². The first-order valence-electron chi connectivity index (χ1n) is 13.0. The van der Waals surface area contributed by atoms with Crippen molar-refractivity contribution in [3.05, 3.63) is 42.3 Å². The van der Waals surface area contributed by atoms with E-state index in [4.69, 9.17) is 9.47 Å². The van der Waals surface area contributed by atoms with Crippen LogP contribution >= 0.6 is 0 Å². The standard InChI is InChI=1S/C28H38FN5O2/c1-20(17-35-2)33-22-6-8-23(9-7-22)34-27-15-25(26(29)16-31-27)21-4-3-5-24(14-21)32-19-28(18-30)10-12-36-13-11-28/h3-5,14-16,20,22-23,32-33H,6-13,17,19H2,1-2H3,(H,31,34). The molecule has 0 spiro atoms. The molecule has 1 aromatic carbocycles. The monoisotopic (exact) mass is 495 g/mol. The zero-order valence-electron chi connectivity index (χ0n) is 21.4. The van der Waals surface area contributed by atoms with Crippen LogP contribution < -0.4 is 16.0 Å². The second-order valence-corrected chi connectivity index (χ2v) is 10.2. The first-order valence-corrected chi connectivity index (χ1v) is 13.0. The van der Waals surface area contributed by atoms with Crippen molar-refractivity contribution in [1.82, 2.24) is 10.3 Å². The molecule has 8 heteroatoms. The smallest absolute Gasteiger partial charge is 0.149 e. The molecule has 1 aliphatic carbocycles. The van der Waals surface area contributed by atoms with Crippen LogP contribution in [-0.4, -0.2) is 56.6 Å². The number of nitrogens with zero attached hydrogens (tertiary/aromatic N) is 2. The van der Waals surface area contributed by atoms with Crippen LogP contribution in [0.5, 0.6) is 0 Å². The molecule has 4 rings (SSSR count). The van der Waals surface area contributed by atoms with Gasteiger partial charge in [0.25, 0.3) is 0 Å². The highest BCUT2D eigenvalue weighted by Crippen LogP contribution is 2.32. The molecule has 3 N–H and O–H groups in total. The Bertz CT molecular complexity index is 1030. The van der Waals surface area contributed by atoms with Gasteiger partial charge in [0.1, 0.15) is 11.6 Å². The Balaban J connectivity index is 1.37. The van der Waals surface area contributed by atoms with Crippen molar-refractivity contribution < 1.29 is 13.9 Å². The van der Waals surface area contributed by atoms with Crippen LogP contribution in [0.25, 0.3) is 11.1 Å². The van der Waals surface area contributed by atoms with E-state index in [0.29, 0.717) is 68.7 Å². The number of ether oxygens (including phenoxy) is 2. The van der Waals surface area contributed by atoms with Gasteiger partial charge in [0, 0.05) is 56.2 Å². The average Bonchev–Trinajstić information content (AvgIpc) is 2.90. The first-order chi connectivity index (χ1) is 17.5. The Kier molecular flexibility index (Phi) is 9.13. The number of nitriles is 1. The summed E-state index contributed by atoms with van der Waals surface area (Å²) in [5.74, 6) is 0.343. The normalized spacial score (nSPS) is 22.4. The van der Waals surface area contributed by atoms with Crippen LogP contribution in [0.15, 0.2) is 36.5 Å². The van der Waals surface area contributed by atoms with Gasteiger partial charge in [-0.25, -0.2) is 9.37 Å². The lowest BCUT2D eigenvalue weighted by Crippen LogP contribution is -2.42. The molecular weight excluding hydrogens is 457 g/mol. The molecule has 2 heterocycles. The predicted octanol–water partition coefficient (Wildman–Crippen LogP) is 4.97. The fourth-order valence-electron chi connectivity index (χ4n) is 5.21. The molecule has 36 heavy (non-hydrogen) atoms. The summed E-state index contributed by atoms with van der Waals surface area (Å²) in [5.41, 5.74) is 1.73. The van der Waals surface area contributed by atoms with Gasteiger partial charge in [-0.3, -0.25) is 0 Å². The van der Waals surface area contributed by atoms with Gasteiger partial charge in [0.2, 0.25) is 0 Å². The number of hydrogen-bond donors (Lipinski definition) is 3. The van der Waals surface area contributed by atoms with Crippen molar-refractivity contribution in [2.24, 2.45) is 5.41 Å². The number of anilines is 2. The molecule has 2 fully saturated rings. The van der Waals surface area contributed by atoms with E-state index in [9.17, 15) is 9.65 Å². The maximum absolute atomic E-state index is 14.8. The molecule has 1 aromatic heterocycles. The van der Waals surface area contributed by atoms with Crippen molar-refractivity contribution in [2.45, 2.75) is 63.6 Å². The summed E-state index contributed by atoms with van der Waals surface area (Å²) in [5, 5.41) is 20.3. The summed E-state index contributed by atoms with van der Waals surface area (Å²) in [6.45, 7) is 4.63. The average molecular weight is 496 g/mol. The summed E-state index contributed by atoms with van der Waals surface area (Å²) in [6.07, 6.45) is 6.98. The minimum absolute atomic E-state index is 0.321. The van der Waals surface area contributed by atoms with Crippen LogP contribution in [0.3, 0.4) is 0 Å². The summed E-state index contributed by atoms with van der Waals surface area (Å²) < 4.78 is 25.5. The minimum Gasteiger partial charge on any atom is -0.383 e. The molecule has 1 atom stereocenters. The molecule has 0 amide bonds. The summed E-state index contributed by atoms with van der Waals surface area (Å²) in [7, 11) is 1.73. The lowest BCUT2D eigenvalue weighted by molar-refractivity contribution is 0.0456. The highest BCUT2D eigenvalue weighted by Gasteiger charge is 2.32. The largest absolute Gasteiger partial charge is 0.383 e. The second kappa shape index (κ2) is 12.5. The van der Waals surface area contributed by atoms with Crippen molar-refractivity contribution in [3.8, 4) is 17.2 Å². The maximum Gasteiger partial charge on any atom is 0.149 e. The lowest BCUT2D eigenvalue weighted by atomic mass is 9.81. The van der Waals surface area contributed by atoms with Gasteiger partial charge in [-0.05, 0) is 69.2 Å². The molecule has 0 radical (unpaired) electrons. The molecule has 7 nitrogen and oxygen atoms in total. The van der Waals surface area contributed by atoms with E-state index in [-0.39, 0.29) is 5.82 Å². The van der Waals surface area contributed by atoms with Crippen molar-refractivity contribution >= 4 is 11.5 Å². The fraction of sp³-hybridized carbons (Fsp3) is 0.571. The number of hydrogen-bond acceptors (Lipinski definition) is 7. The van der Waals surface area contributed by atoms with Gasteiger partial charge in [0.05, 0.1) is 24.3 Å². The number of nitrogens with one attached hydrogen (secondary N) is 3. The highest BCUT2D eigenvalue weighted by atomic mass is 19.1. The van der Waals surface area contributed by atoms with Gasteiger partial charge in [-0.15, -0.1) is 0 Å². The zero-order chi connectivity index (χ0) is 25.4. The van der Waals surface area contributed by atoms with Gasteiger partial charge < -0.3 is 25.4 Å². The number of halogens is 1. The fourth-order valence-corrected chi connectivity index (χ4v) is 5.21. The predicted molar refractivity (Wildman–Crippen MR) is 140 cm³/mol. The number of methoxy groups -OCH3 is 1. The Morgan fingerprint density at radius 3 is 2.67 bits per heavy atom. The summed E-state index contributed by atoms with van der Waals surface area (Å²) >= 11 is 0. The Morgan fingerprint density at radius 2 is 1.94 bits per heavy atom. The van der Waals surface area contributed by atoms with Gasteiger partial charge in [0.15, 0.2) is 0 Å². The third-order valence-corrected chi connectivity index (χ3v) is 7.36. The number of rotatable bonds is 10. The van der Waals surface area contributed by atoms with Crippen LogP contribution in [-0.2, 0) is 9.47 Å². The molecule has 0 bridgehead atoms. The Morgan fingerprint density at radius 1 is 1.19 bits per heavy atom. The SMILES string of the molecule is COCC(C)NC1CCC(Nc2cc(-c3cccc(NCC4(C#N)CCOCC4)c3)c(F)cn2)CC1. The van der Waals surface area contributed by atoms with E-state index < -0.39 is 5.41 Å². The van der Waals surface area contributed by atoms with Crippen LogP contribution in [0.1, 0.15) is 45.4 Å².